The third-order valence-corrected chi connectivity index (χ3v) is 4.96. The van der Waals surface area contributed by atoms with Gasteiger partial charge in [0.15, 0.2) is 0 Å². The third-order valence-electron chi connectivity index (χ3n) is 4.96. The minimum absolute atomic E-state index is 0.135. The lowest BCUT2D eigenvalue weighted by molar-refractivity contribution is 0.370. The zero-order valence-electron chi connectivity index (χ0n) is 13.5. The summed E-state index contributed by atoms with van der Waals surface area (Å²) in [4.78, 5) is 0. The molecule has 2 heteroatoms. The van der Waals surface area contributed by atoms with Crippen LogP contribution in [0.1, 0.15) is 69.1 Å². The van der Waals surface area contributed by atoms with Gasteiger partial charge in [0, 0.05) is 17.5 Å². The molecule has 112 valence electrons. The van der Waals surface area contributed by atoms with Crippen molar-refractivity contribution in [2.75, 3.05) is 13.7 Å². The van der Waals surface area contributed by atoms with Gasteiger partial charge in [-0.05, 0) is 36.3 Å². The van der Waals surface area contributed by atoms with Crippen LogP contribution in [0.4, 0.5) is 0 Å². The first-order valence-corrected chi connectivity index (χ1v) is 8.00. The number of hydrogen-bond acceptors (Lipinski definition) is 2. The average molecular weight is 275 g/mol. The highest BCUT2D eigenvalue weighted by molar-refractivity contribution is 5.52. The minimum Gasteiger partial charge on any atom is -0.496 e. The standard InChI is InChI=1S/C18H29NO/c1-5-14-8-9-15(13(2)3)16(17(14)20-4)18(12-19)10-6-7-11-18/h8-9,13H,5-7,10-12,19H2,1-4H3. The van der Waals surface area contributed by atoms with Crippen LogP contribution < -0.4 is 10.5 Å². The highest BCUT2D eigenvalue weighted by atomic mass is 16.5. The summed E-state index contributed by atoms with van der Waals surface area (Å²) in [6.07, 6.45) is 5.98. The minimum atomic E-state index is 0.135. The van der Waals surface area contributed by atoms with E-state index in [0.717, 1.165) is 18.7 Å². The summed E-state index contributed by atoms with van der Waals surface area (Å²) in [5.74, 6) is 1.61. The van der Waals surface area contributed by atoms with Crippen molar-refractivity contribution >= 4 is 0 Å². The smallest absolute Gasteiger partial charge is 0.126 e. The lowest BCUT2D eigenvalue weighted by atomic mass is 9.73. The molecule has 1 aromatic rings. The van der Waals surface area contributed by atoms with Crippen LogP contribution in [0.15, 0.2) is 12.1 Å². The van der Waals surface area contributed by atoms with E-state index in [1.54, 1.807) is 7.11 Å². The second-order valence-corrected chi connectivity index (χ2v) is 6.42. The first-order valence-electron chi connectivity index (χ1n) is 8.00. The van der Waals surface area contributed by atoms with Crippen molar-refractivity contribution in [3.8, 4) is 5.75 Å². The molecule has 0 saturated heterocycles. The van der Waals surface area contributed by atoms with Gasteiger partial charge in [-0.15, -0.1) is 0 Å². The summed E-state index contributed by atoms with van der Waals surface area (Å²) in [7, 11) is 1.81. The molecule has 0 heterocycles. The molecule has 0 bridgehead atoms. The van der Waals surface area contributed by atoms with Crippen LogP contribution >= 0.6 is 0 Å². The fraction of sp³-hybridized carbons (Fsp3) is 0.667. The second-order valence-electron chi connectivity index (χ2n) is 6.42. The van der Waals surface area contributed by atoms with Crippen molar-refractivity contribution in [2.24, 2.45) is 5.73 Å². The number of methoxy groups -OCH3 is 1. The Morgan fingerprint density at radius 2 is 1.90 bits per heavy atom. The first-order chi connectivity index (χ1) is 9.59. The van der Waals surface area contributed by atoms with Crippen molar-refractivity contribution in [3.63, 3.8) is 0 Å². The zero-order valence-corrected chi connectivity index (χ0v) is 13.5. The SMILES string of the molecule is CCc1ccc(C(C)C)c(C2(CN)CCCC2)c1OC. The van der Waals surface area contributed by atoms with Crippen LogP contribution in [0, 0.1) is 0 Å². The maximum atomic E-state index is 6.23. The molecule has 1 aliphatic carbocycles. The van der Waals surface area contributed by atoms with Crippen LogP contribution in [0.2, 0.25) is 0 Å². The Kier molecular flexibility index (Phi) is 4.74. The molecule has 0 radical (unpaired) electrons. The molecule has 0 aromatic heterocycles. The summed E-state index contributed by atoms with van der Waals surface area (Å²) in [5, 5.41) is 0. The highest BCUT2D eigenvalue weighted by Crippen LogP contribution is 2.48. The molecule has 1 fully saturated rings. The monoisotopic (exact) mass is 275 g/mol. The summed E-state index contributed by atoms with van der Waals surface area (Å²) in [6, 6.07) is 4.54. The van der Waals surface area contributed by atoms with E-state index < -0.39 is 0 Å². The van der Waals surface area contributed by atoms with Gasteiger partial charge >= 0.3 is 0 Å². The molecule has 1 aliphatic rings. The summed E-state index contributed by atoms with van der Waals surface area (Å²) in [5.41, 5.74) is 10.5. The molecule has 2 rings (SSSR count). The summed E-state index contributed by atoms with van der Waals surface area (Å²) < 4.78 is 5.84. The van der Waals surface area contributed by atoms with Gasteiger partial charge < -0.3 is 10.5 Å². The molecule has 0 spiro atoms. The van der Waals surface area contributed by atoms with E-state index in [0.29, 0.717) is 5.92 Å². The van der Waals surface area contributed by atoms with Crippen molar-refractivity contribution in [2.45, 2.75) is 64.2 Å². The van der Waals surface area contributed by atoms with E-state index in [9.17, 15) is 0 Å². The van der Waals surface area contributed by atoms with Crippen molar-refractivity contribution < 1.29 is 4.74 Å². The van der Waals surface area contributed by atoms with E-state index in [1.807, 2.05) is 0 Å². The first kappa shape index (κ1) is 15.4. The van der Waals surface area contributed by atoms with Crippen molar-refractivity contribution in [3.05, 3.63) is 28.8 Å². The van der Waals surface area contributed by atoms with Crippen LogP contribution in [0.5, 0.6) is 5.75 Å². The number of aryl methyl sites for hydroxylation is 1. The Balaban J connectivity index is 2.68. The van der Waals surface area contributed by atoms with Crippen molar-refractivity contribution in [1.82, 2.24) is 0 Å². The number of benzene rings is 1. The molecule has 20 heavy (non-hydrogen) atoms. The molecule has 2 N–H and O–H groups in total. The van der Waals surface area contributed by atoms with Gasteiger partial charge in [0.25, 0.3) is 0 Å². The van der Waals surface area contributed by atoms with E-state index in [2.05, 4.69) is 32.9 Å². The molecule has 0 unspecified atom stereocenters. The van der Waals surface area contributed by atoms with Gasteiger partial charge in [0.05, 0.1) is 7.11 Å². The predicted octanol–water partition coefficient (Wildman–Crippen LogP) is 4.15. The number of hydrogen-bond donors (Lipinski definition) is 1. The zero-order chi connectivity index (χ0) is 14.8. The Morgan fingerprint density at radius 3 is 2.35 bits per heavy atom. The van der Waals surface area contributed by atoms with Gasteiger partial charge in [0.1, 0.15) is 5.75 Å². The largest absolute Gasteiger partial charge is 0.496 e. The lowest BCUT2D eigenvalue weighted by Crippen LogP contribution is -2.34. The van der Waals surface area contributed by atoms with Gasteiger partial charge in [-0.3, -0.25) is 0 Å². The Morgan fingerprint density at radius 1 is 1.25 bits per heavy atom. The number of rotatable bonds is 5. The Labute approximate surface area is 123 Å². The van der Waals surface area contributed by atoms with Gasteiger partial charge in [0.2, 0.25) is 0 Å². The van der Waals surface area contributed by atoms with E-state index in [-0.39, 0.29) is 5.41 Å². The summed E-state index contributed by atoms with van der Waals surface area (Å²) in [6.45, 7) is 7.46. The topological polar surface area (TPSA) is 35.2 Å². The molecular formula is C18H29NO. The molecular weight excluding hydrogens is 246 g/mol. The van der Waals surface area contributed by atoms with Crippen molar-refractivity contribution in [1.29, 1.82) is 0 Å². The van der Waals surface area contributed by atoms with E-state index >= 15 is 0 Å². The van der Waals surface area contributed by atoms with Gasteiger partial charge in [-0.1, -0.05) is 45.7 Å². The third kappa shape index (κ3) is 2.46. The van der Waals surface area contributed by atoms with Gasteiger partial charge in [-0.25, -0.2) is 0 Å². The molecule has 0 amide bonds. The van der Waals surface area contributed by atoms with E-state index in [1.165, 1.54) is 42.4 Å². The second kappa shape index (κ2) is 6.17. The van der Waals surface area contributed by atoms with Crippen LogP contribution in [-0.2, 0) is 11.8 Å². The van der Waals surface area contributed by atoms with Gasteiger partial charge in [-0.2, -0.15) is 0 Å². The molecule has 1 saturated carbocycles. The van der Waals surface area contributed by atoms with Crippen LogP contribution in [0.25, 0.3) is 0 Å². The molecule has 0 aliphatic heterocycles. The molecule has 1 aromatic carbocycles. The fourth-order valence-electron chi connectivity index (χ4n) is 3.79. The number of nitrogens with two attached hydrogens (primary N) is 1. The quantitative estimate of drug-likeness (QED) is 0.876. The maximum Gasteiger partial charge on any atom is 0.126 e. The average Bonchev–Trinajstić information content (AvgIpc) is 2.95. The van der Waals surface area contributed by atoms with E-state index in [4.69, 9.17) is 10.5 Å². The highest BCUT2D eigenvalue weighted by Gasteiger charge is 2.39. The predicted molar refractivity (Wildman–Crippen MR) is 85.7 cm³/mol. The molecule has 0 atom stereocenters. The Hall–Kier alpha value is -1.02. The van der Waals surface area contributed by atoms with Crippen LogP contribution in [-0.4, -0.2) is 13.7 Å². The molecule has 2 nitrogen and oxygen atoms in total. The fourth-order valence-corrected chi connectivity index (χ4v) is 3.79. The number of ether oxygens (including phenoxy) is 1. The summed E-state index contributed by atoms with van der Waals surface area (Å²) >= 11 is 0. The van der Waals surface area contributed by atoms with Crippen LogP contribution in [0.3, 0.4) is 0 Å². The normalized spacial score (nSPS) is 17.7. The lowest BCUT2D eigenvalue weighted by Gasteiger charge is -2.34. The Bertz CT molecular complexity index is 459. The maximum absolute atomic E-state index is 6.23.